The van der Waals surface area contributed by atoms with Crippen LogP contribution in [0.25, 0.3) is 11.0 Å². The summed E-state index contributed by atoms with van der Waals surface area (Å²) in [4.78, 5) is 28.3. The maximum Gasteiger partial charge on any atom is 0.295 e. The minimum absolute atomic E-state index is 0.0568. The lowest BCUT2D eigenvalue weighted by atomic mass is 9.98. The molecule has 0 radical (unpaired) electrons. The largest absolute Gasteiger partial charge is 0.508 e. The first-order valence-corrected chi connectivity index (χ1v) is 9.39. The number of rotatable bonds is 2. The van der Waals surface area contributed by atoms with Crippen LogP contribution in [0, 0.1) is 12.7 Å². The minimum atomic E-state index is -0.765. The van der Waals surface area contributed by atoms with Crippen LogP contribution in [0.3, 0.4) is 0 Å². The summed E-state index contributed by atoms with van der Waals surface area (Å²) in [5.74, 6) is -0.996. The molecular weight excluding hydrogens is 385 g/mol. The lowest BCUT2D eigenvalue weighted by Gasteiger charge is -2.25. The molecule has 0 fully saturated rings. The average Bonchev–Trinajstić information content (AvgIpc) is 3.02. The van der Waals surface area contributed by atoms with Crippen LogP contribution < -0.4 is 10.3 Å². The zero-order valence-corrected chi connectivity index (χ0v) is 15.9. The van der Waals surface area contributed by atoms with Gasteiger partial charge in [-0.2, -0.15) is 0 Å². The van der Waals surface area contributed by atoms with Gasteiger partial charge in [-0.05, 0) is 60.5 Å². The van der Waals surface area contributed by atoms with Gasteiger partial charge in [0.1, 0.15) is 17.1 Å². The summed E-state index contributed by atoms with van der Waals surface area (Å²) in [5, 5.41) is 9.77. The molecule has 0 spiro atoms. The van der Waals surface area contributed by atoms with Gasteiger partial charge in [-0.3, -0.25) is 14.5 Å². The number of nitrogens with zero attached hydrogens (tertiary/aromatic N) is 1. The Hall–Kier alpha value is -3.93. The maximum atomic E-state index is 13.8. The van der Waals surface area contributed by atoms with E-state index in [1.54, 1.807) is 18.2 Å². The van der Waals surface area contributed by atoms with Gasteiger partial charge in [0.05, 0.1) is 17.0 Å². The summed E-state index contributed by atoms with van der Waals surface area (Å²) >= 11 is 0. The van der Waals surface area contributed by atoms with E-state index in [0.29, 0.717) is 11.3 Å². The van der Waals surface area contributed by atoms with Crippen LogP contribution in [-0.2, 0) is 0 Å². The van der Waals surface area contributed by atoms with Crippen LogP contribution in [0.15, 0.2) is 75.9 Å². The Morgan fingerprint density at radius 2 is 1.77 bits per heavy atom. The van der Waals surface area contributed by atoms with E-state index in [-0.39, 0.29) is 28.0 Å². The van der Waals surface area contributed by atoms with Crippen molar-refractivity contribution < 1.29 is 18.7 Å². The van der Waals surface area contributed by atoms with Crippen LogP contribution in [0.5, 0.6) is 5.75 Å². The molecule has 1 aliphatic rings. The third kappa shape index (κ3) is 2.69. The highest BCUT2D eigenvalue weighted by molar-refractivity contribution is 6.10. The number of hydrogen-bond donors (Lipinski definition) is 1. The third-order valence-corrected chi connectivity index (χ3v) is 5.32. The predicted molar refractivity (Wildman–Crippen MR) is 110 cm³/mol. The van der Waals surface area contributed by atoms with Gasteiger partial charge < -0.3 is 9.52 Å². The number of aryl methyl sites for hydroxylation is 1. The van der Waals surface area contributed by atoms with Crippen LogP contribution in [0.1, 0.15) is 33.3 Å². The van der Waals surface area contributed by atoms with E-state index in [2.05, 4.69) is 0 Å². The minimum Gasteiger partial charge on any atom is -0.508 e. The molecule has 1 aliphatic heterocycles. The van der Waals surface area contributed by atoms with Crippen molar-refractivity contribution in [3.8, 4) is 5.75 Å². The Morgan fingerprint density at radius 3 is 2.50 bits per heavy atom. The Balaban J connectivity index is 1.83. The first-order valence-electron chi connectivity index (χ1n) is 9.39. The van der Waals surface area contributed by atoms with Crippen molar-refractivity contribution in [3.63, 3.8) is 0 Å². The molecule has 1 unspecified atom stereocenters. The Bertz CT molecular complexity index is 1370. The molecule has 1 aromatic heterocycles. The van der Waals surface area contributed by atoms with Crippen LogP contribution in [-0.4, -0.2) is 11.0 Å². The third-order valence-electron chi connectivity index (χ3n) is 5.32. The highest BCUT2D eigenvalue weighted by Gasteiger charge is 2.43. The van der Waals surface area contributed by atoms with E-state index in [1.807, 2.05) is 25.1 Å². The first-order chi connectivity index (χ1) is 14.4. The zero-order chi connectivity index (χ0) is 21.0. The number of carbonyl (C=O) groups is 1. The summed E-state index contributed by atoms with van der Waals surface area (Å²) < 4.78 is 19.6. The van der Waals surface area contributed by atoms with Gasteiger partial charge in [-0.1, -0.05) is 24.3 Å². The van der Waals surface area contributed by atoms with Gasteiger partial charge in [-0.15, -0.1) is 0 Å². The van der Waals surface area contributed by atoms with Crippen molar-refractivity contribution >= 4 is 22.6 Å². The lowest BCUT2D eigenvalue weighted by Crippen LogP contribution is -2.29. The summed E-state index contributed by atoms with van der Waals surface area (Å²) in [6.45, 7) is 1.91. The van der Waals surface area contributed by atoms with Gasteiger partial charge in [0.25, 0.3) is 5.91 Å². The molecule has 2 heterocycles. The quantitative estimate of drug-likeness (QED) is 0.529. The number of anilines is 1. The Labute approximate surface area is 170 Å². The number of benzene rings is 3. The fraction of sp³-hybridized carbons (Fsp3) is 0.0833. The van der Waals surface area contributed by atoms with E-state index >= 15 is 0 Å². The van der Waals surface area contributed by atoms with E-state index in [0.717, 1.165) is 11.6 Å². The summed E-state index contributed by atoms with van der Waals surface area (Å²) in [7, 11) is 0. The number of aromatic hydroxyl groups is 1. The second kappa shape index (κ2) is 6.56. The number of carbonyl (C=O) groups excluding carboxylic acids is 1. The molecule has 3 aromatic carbocycles. The fourth-order valence-corrected chi connectivity index (χ4v) is 3.96. The molecule has 0 saturated heterocycles. The Morgan fingerprint density at radius 1 is 1.00 bits per heavy atom. The molecule has 148 valence electrons. The fourth-order valence-electron chi connectivity index (χ4n) is 3.96. The molecule has 1 N–H and O–H groups in total. The second-order valence-electron chi connectivity index (χ2n) is 7.32. The molecule has 4 aromatic rings. The predicted octanol–water partition coefficient (Wildman–Crippen LogP) is 4.70. The topological polar surface area (TPSA) is 70.8 Å². The number of hydrogen-bond acceptors (Lipinski definition) is 4. The second-order valence-corrected chi connectivity index (χ2v) is 7.32. The lowest BCUT2D eigenvalue weighted by molar-refractivity contribution is 0.0971. The van der Waals surface area contributed by atoms with Crippen LogP contribution in [0.2, 0.25) is 0 Å². The smallest absolute Gasteiger partial charge is 0.295 e. The van der Waals surface area contributed by atoms with Gasteiger partial charge in [-0.25, -0.2) is 4.39 Å². The molecule has 5 nitrogen and oxygen atoms in total. The summed E-state index contributed by atoms with van der Waals surface area (Å²) in [5.41, 5.74) is 2.05. The first kappa shape index (κ1) is 18.1. The zero-order valence-electron chi connectivity index (χ0n) is 15.9. The standard InChI is InChI=1S/C24H16FNO4/c1-13-3-2-4-16(11-13)26-21(14-5-8-17(27)9-6-14)20-22(28)18-12-15(25)7-10-19(18)30-23(20)24(26)29/h2-12,21,27H,1H3. The van der Waals surface area contributed by atoms with E-state index in [1.165, 1.54) is 29.2 Å². The molecule has 1 atom stereocenters. The monoisotopic (exact) mass is 401 g/mol. The van der Waals surface area contributed by atoms with Crippen molar-refractivity contribution in [2.24, 2.45) is 0 Å². The van der Waals surface area contributed by atoms with Crippen LogP contribution >= 0.6 is 0 Å². The van der Waals surface area contributed by atoms with E-state index < -0.39 is 23.2 Å². The summed E-state index contributed by atoms with van der Waals surface area (Å²) in [6, 6.07) is 16.6. The van der Waals surface area contributed by atoms with Gasteiger partial charge in [0, 0.05) is 5.69 Å². The molecule has 0 bridgehead atoms. The van der Waals surface area contributed by atoms with Crippen molar-refractivity contribution in [3.05, 3.63) is 105 Å². The molecule has 30 heavy (non-hydrogen) atoms. The molecule has 6 heteroatoms. The number of amides is 1. The number of phenolic OH excluding ortho intramolecular Hbond substituents is 1. The molecule has 1 amide bonds. The Kier molecular flexibility index (Phi) is 3.96. The summed E-state index contributed by atoms with van der Waals surface area (Å²) in [6.07, 6.45) is 0. The van der Waals surface area contributed by atoms with E-state index in [9.17, 15) is 19.1 Å². The van der Waals surface area contributed by atoms with Gasteiger partial charge >= 0.3 is 0 Å². The molecule has 0 aliphatic carbocycles. The van der Waals surface area contributed by atoms with Gasteiger partial charge in [0.15, 0.2) is 5.43 Å². The molecule has 0 saturated carbocycles. The average molecular weight is 401 g/mol. The van der Waals surface area contributed by atoms with Gasteiger partial charge in [0.2, 0.25) is 5.76 Å². The van der Waals surface area contributed by atoms with Crippen LogP contribution in [0.4, 0.5) is 10.1 Å². The number of fused-ring (bicyclic) bond motifs is 2. The SMILES string of the molecule is Cc1cccc(N2C(=O)c3oc4ccc(F)cc4c(=O)c3C2c2ccc(O)cc2)c1. The van der Waals surface area contributed by atoms with Crippen molar-refractivity contribution in [2.45, 2.75) is 13.0 Å². The van der Waals surface area contributed by atoms with Crippen molar-refractivity contribution in [2.75, 3.05) is 4.90 Å². The molecular formula is C24H16FNO4. The highest BCUT2D eigenvalue weighted by atomic mass is 19.1. The van der Waals surface area contributed by atoms with Crippen molar-refractivity contribution in [1.29, 1.82) is 0 Å². The number of halogens is 1. The molecule has 5 rings (SSSR count). The number of phenols is 1. The maximum absolute atomic E-state index is 13.8. The van der Waals surface area contributed by atoms with Crippen molar-refractivity contribution in [1.82, 2.24) is 0 Å². The highest BCUT2D eigenvalue weighted by Crippen LogP contribution is 2.41. The normalized spacial score (nSPS) is 15.6. The van der Waals surface area contributed by atoms with E-state index in [4.69, 9.17) is 4.42 Å².